The highest BCUT2D eigenvalue weighted by molar-refractivity contribution is 5.99. The Bertz CT molecular complexity index is 485. The van der Waals surface area contributed by atoms with Crippen LogP contribution in [-0.4, -0.2) is 32.6 Å². The van der Waals surface area contributed by atoms with Crippen molar-refractivity contribution in [2.45, 2.75) is 12.8 Å². The molecule has 0 saturated heterocycles. The second-order valence-corrected chi connectivity index (χ2v) is 4.31. The van der Waals surface area contributed by atoms with Crippen molar-refractivity contribution in [2.75, 3.05) is 30.9 Å². The van der Waals surface area contributed by atoms with Crippen molar-refractivity contribution in [1.29, 1.82) is 0 Å². The maximum atomic E-state index is 11.2. The fourth-order valence-corrected chi connectivity index (χ4v) is 1.94. The number of hydrogen-bond donors (Lipinski definition) is 1. The molecule has 1 amide bonds. The molecule has 5 heteroatoms. The molecule has 1 aliphatic rings. The van der Waals surface area contributed by atoms with Crippen LogP contribution in [0, 0.1) is 0 Å². The summed E-state index contributed by atoms with van der Waals surface area (Å²) >= 11 is 0. The second kappa shape index (κ2) is 5.08. The maximum absolute atomic E-state index is 11.2. The molecule has 0 radical (unpaired) electrons. The summed E-state index contributed by atoms with van der Waals surface area (Å²) in [7, 11) is 3.30. The fraction of sp³-hybridized carbons (Fsp3) is 0.385. The zero-order valence-electron chi connectivity index (χ0n) is 10.5. The van der Waals surface area contributed by atoms with Gasteiger partial charge in [0.15, 0.2) is 0 Å². The van der Waals surface area contributed by atoms with Crippen LogP contribution in [0.1, 0.15) is 12.0 Å². The first kappa shape index (κ1) is 12.4. The molecular formula is C13H16N2O3. The summed E-state index contributed by atoms with van der Waals surface area (Å²) in [5, 5.41) is 2.79. The molecule has 1 aromatic rings. The Morgan fingerprint density at radius 2 is 2.28 bits per heavy atom. The second-order valence-electron chi connectivity index (χ2n) is 4.31. The summed E-state index contributed by atoms with van der Waals surface area (Å²) < 4.78 is 4.60. The molecule has 0 bridgehead atoms. The lowest BCUT2D eigenvalue weighted by Gasteiger charge is -2.19. The summed E-state index contributed by atoms with van der Waals surface area (Å²) in [6.07, 6.45) is 0.773. The van der Waals surface area contributed by atoms with Gasteiger partial charge in [-0.25, -0.2) is 0 Å². The first-order chi connectivity index (χ1) is 8.60. The van der Waals surface area contributed by atoms with E-state index >= 15 is 0 Å². The molecule has 0 unspecified atom stereocenters. The van der Waals surface area contributed by atoms with Crippen molar-refractivity contribution in [1.82, 2.24) is 0 Å². The molecule has 0 aliphatic carbocycles. The van der Waals surface area contributed by atoms with Crippen LogP contribution in [0.5, 0.6) is 0 Å². The van der Waals surface area contributed by atoms with Gasteiger partial charge in [0.25, 0.3) is 0 Å². The molecule has 18 heavy (non-hydrogen) atoms. The number of amides is 1. The highest BCUT2D eigenvalue weighted by Gasteiger charge is 2.18. The molecule has 96 valence electrons. The van der Waals surface area contributed by atoms with Crippen LogP contribution in [0.15, 0.2) is 18.2 Å². The molecule has 0 spiro atoms. The molecule has 0 atom stereocenters. The van der Waals surface area contributed by atoms with Crippen molar-refractivity contribution in [3.63, 3.8) is 0 Å². The van der Waals surface area contributed by atoms with Gasteiger partial charge in [0.2, 0.25) is 5.91 Å². The quantitative estimate of drug-likeness (QED) is 0.813. The van der Waals surface area contributed by atoms with Crippen LogP contribution < -0.4 is 10.2 Å². The molecule has 5 nitrogen and oxygen atoms in total. The van der Waals surface area contributed by atoms with E-state index < -0.39 is 0 Å². The largest absolute Gasteiger partial charge is 0.469 e. The number of methoxy groups -OCH3 is 1. The van der Waals surface area contributed by atoms with Crippen molar-refractivity contribution in [3.8, 4) is 0 Å². The van der Waals surface area contributed by atoms with E-state index in [1.165, 1.54) is 7.11 Å². The Kier molecular flexibility index (Phi) is 3.50. The van der Waals surface area contributed by atoms with E-state index in [-0.39, 0.29) is 11.9 Å². The third-order valence-corrected chi connectivity index (χ3v) is 3.03. The average Bonchev–Trinajstić information content (AvgIpc) is 2.74. The van der Waals surface area contributed by atoms with Gasteiger partial charge in [-0.15, -0.1) is 0 Å². The van der Waals surface area contributed by atoms with E-state index in [2.05, 4.69) is 10.1 Å². The normalized spacial score (nSPS) is 12.9. The van der Waals surface area contributed by atoms with Crippen LogP contribution in [0.25, 0.3) is 0 Å². The van der Waals surface area contributed by atoms with Gasteiger partial charge in [0.1, 0.15) is 0 Å². The van der Waals surface area contributed by atoms with Gasteiger partial charge >= 0.3 is 5.97 Å². The number of anilines is 2. The van der Waals surface area contributed by atoms with Gasteiger partial charge in [-0.1, -0.05) is 0 Å². The van der Waals surface area contributed by atoms with E-state index in [1.54, 1.807) is 0 Å². The topological polar surface area (TPSA) is 58.6 Å². The molecule has 2 rings (SSSR count). The third kappa shape index (κ3) is 2.61. The van der Waals surface area contributed by atoms with Gasteiger partial charge in [0, 0.05) is 25.0 Å². The first-order valence-corrected chi connectivity index (χ1v) is 5.81. The number of benzene rings is 1. The van der Waals surface area contributed by atoms with Crippen molar-refractivity contribution in [3.05, 3.63) is 23.8 Å². The molecule has 1 aromatic carbocycles. The van der Waals surface area contributed by atoms with Crippen molar-refractivity contribution < 1.29 is 14.3 Å². The SMILES string of the molecule is COC(=O)CCN(C)c1ccc2c(c1)CC(=O)N2. The van der Waals surface area contributed by atoms with Gasteiger partial charge < -0.3 is 15.0 Å². The molecule has 1 N–H and O–H groups in total. The maximum Gasteiger partial charge on any atom is 0.307 e. The number of nitrogens with zero attached hydrogens (tertiary/aromatic N) is 1. The van der Waals surface area contributed by atoms with E-state index in [4.69, 9.17) is 0 Å². The van der Waals surface area contributed by atoms with Crippen LogP contribution in [0.2, 0.25) is 0 Å². The minimum absolute atomic E-state index is 0.0272. The molecule has 0 aromatic heterocycles. The Balaban J connectivity index is 2.03. The molecule has 1 aliphatic heterocycles. The molecule has 0 fully saturated rings. The molecular weight excluding hydrogens is 232 g/mol. The number of esters is 1. The predicted molar refractivity (Wildman–Crippen MR) is 68.7 cm³/mol. The summed E-state index contributed by atoms with van der Waals surface area (Å²) in [4.78, 5) is 24.3. The van der Waals surface area contributed by atoms with Crippen molar-refractivity contribution >= 4 is 23.3 Å². The third-order valence-electron chi connectivity index (χ3n) is 3.03. The summed E-state index contributed by atoms with van der Waals surface area (Å²) in [5.74, 6) is -0.195. The average molecular weight is 248 g/mol. The van der Waals surface area contributed by atoms with Crippen LogP contribution >= 0.6 is 0 Å². The number of fused-ring (bicyclic) bond motifs is 1. The highest BCUT2D eigenvalue weighted by atomic mass is 16.5. The minimum atomic E-state index is -0.222. The van der Waals surface area contributed by atoms with Crippen LogP contribution in [0.3, 0.4) is 0 Å². The van der Waals surface area contributed by atoms with E-state index in [0.717, 1.165) is 16.9 Å². The molecule has 1 heterocycles. The Hall–Kier alpha value is -2.04. The first-order valence-electron chi connectivity index (χ1n) is 5.81. The van der Waals surface area contributed by atoms with Gasteiger partial charge in [0.05, 0.1) is 20.0 Å². The molecule has 0 saturated carbocycles. The van der Waals surface area contributed by atoms with E-state index in [9.17, 15) is 9.59 Å². The van der Waals surface area contributed by atoms with E-state index in [0.29, 0.717) is 19.4 Å². The zero-order chi connectivity index (χ0) is 13.1. The van der Waals surface area contributed by atoms with Gasteiger partial charge in [-0.05, 0) is 23.8 Å². The lowest BCUT2D eigenvalue weighted by Crippen LogP contribution is -2.21. The number of carbonyl (C=O) groups is 2. The monoisotopic (exact) mass is 248 g/mol. The standard InChI is InChI=1S/C13H16N2O3/c1-15(6-5-13(17)18-2)10-3-4-11-9(7-10)8-12(16)14-11/h3-4,7H,5-6,8H2,1-2H3,(H,14,16). The fourth-order valence-electron chi connectivity index (χ4n) is 1.94. The summed E-state index contributed by atoms with van der Waals surface area (Å²) in [5.41, 5.74) is 2.88. The van der Waals surface area contributed by atoms with Crippen LogP contribution in [0.4, 0.5) is 11.4 Å². The van der Waals surface area contributed by atoms with E-state index in [1.807, 2.05) is 30.1 Å². The number of nitrogens with one attached hydrogen (secondary N) is 1. The zero-order valence-corrected chi connectivity index (χ0v) is 10.5. The number of hydrogen-bond acceptors (Lipinski definition) is 4. The predicted octanol–water partition coefficient (Wildman–Crippen LogP) is 1.18. The Morgan fingerprint density at radius 3 is 3.00 bits per heavy atom. The smallest absolute Gasteiger partial charge is 0.307 e. The van der Waals surface area contributed by atoms with Crippen LogP contribution in [-0.2, 0) is 20.7 Å². The lowest BCUT2D eigenvalue weighted by atomic mass is 10.1. The van der Waals surface area contributed by atoms with Gasteiger partial charge in [-0.2, -0.15) is 0 Å². The highest BCUT2D eigenvalue weighted by Crippen LogP contribution is 2.27. The Labute approximate surface area is 106 Å². The van der Waals surface area contributed by atoms with Crippen molar-refractivity contribution in [2.24, 2.45) is 0 Å². The lowest BCUT2D eigenvalue weighted by molar-refractivity contribution is -0.140. The summed E-state index contributed by atoms with van der Waals surface area (Å²) in [6, 6.07) is 5.80. The number of rotatable bonds is 4. The van der Waals surface area contributed by atoms with Gasteiger partial charge in [-0.3, -0.25) is 9.59 Å². The number of carbonyl (C=O) groups excluding carboxylic acids is 2. The summed E-state index contributed by atoms with van der Waals surface area (Å²) in [6.45, 7) is 0.590. The Morgan fingerprint density at radius 1 is 1.50 bits per heavy atom. The number of ether oxygens (including phenoxy) is 1. The minimum Gasteiger partial charge on any atom is -0.469 e.